The molecule has 4 atom stereocenters. The van der Waals surface area contributed by atoms with Crippen LogP contribution in [0.5, 0.6) is 0 Å². The number of carbonyl (C=O) groups is 2. The van der Waals surface area contributed by atoms with E-state index in [1.807, 2.05) is 17.1 Å². The number of amides is 1. The van der Waals surface area contributed by atoms with Crippen molar-refractivity contribution in [1.29, 1.82) is 0 Å². The van der Waals surface area contributed by atoms with Crippen LogP contribution in [0.4, 0.5) is 0 Å². The molecule has 2 fully saturated rings. The second-order valence-corrected chi connectivity index (χ2v) is 6.06. The molecule has 1 saturated heterocycles. The topological polar surface area (TPSA) is 60.4 Å². The highest BCUT2D eigenvalue weighted by Gasteiger charge is 2.49. The predicted molar refractivity (Wildman–Crippen MR) is 67.8 cm³/mol. The Morgan fingerprint density at radius 3 is 2.11 bits per heavy atom. The molecule has 0 spiro atoms. The highest BCUT2D eigenvalue weighted by molar-refractivity contribution is 5.86. The highest BCUT2D eigenvalue weighted by Crippen LogP contribution is 2.48. The summed E-state index contributed by atoms with van der Waals surface area (Å²) in [6.07, 6.45) is 9.22. The Balaban J connectivity index is 1.78. The molecule has 3 rings (SSSR count). The quantitative estimate of drug-likeness (QED) is 0.684. The molecule has 1 amide bonds. The van der Waals surface area contributed by atoms with Gasteiger partial charge in [-0.15, -0.1) is 0 Å². The zero-order valence-corrected chi connectivity index (χ0v) is 11.1. The van der Waals surface area contributed by atoms with Gasteiger partial charge in [0.2, 0.25) is 5.91 Å². The first kappa shape index (κ1) is 12.7. The van der Waals surface area contributed by atoms with E-state index in [9.17, 15) is 14.7 Å². The fourth-order valence-corrected chi connectivity index (χ4v) is 3.98. The van der Waals surface area contributed by atoms with Gasteiger partial charge in [0.15, 0.2) is 0 Å². The molecular formula is C15H20NO3-. The van der Waals surface area contributed by atoms with Gasteiger partial charge in [-0.3, -0.25) is 4.79 Å². The van der Waals surface area contributed by atoms with Gasteiger partial charge >= 0.3 is 0 Å². The third-order valence-electron chi connectivity index (χ3n) is 4.93. The first-order valence-corrected chi connectivity index (χ1v) is 7.36. The number of carboxylic acids is 1. The first-order valence-electron chi connectivity index (χ1n) is 7.36. The minimum Gasteiger partial charge on any atom is -0.550 e. The van der Waals surface area contributed by atoms with E-state index in [-0.39, 0.29) is 23.7 Å². The summed E-state index contributed by atoms with van der Waals surface area (Å²) < 4.78 is 0. The average molecular weight is 262 g/mol. The van der Waals surface area contributed by atoms with E-state index in [1.165, 1.54) is 12.8 Å². The summed E-state index contributed by atoms with van der Waals surface area (Å²) in [6.45, 7) is 1.58. The zero-order chi connectivity index (χ0) is 13.4. The fraction of sp³-hybridized carbons (Fsp3) is 0.733. The van der Waals surface area contributed by atoms with Crippen molar-refractivity contribution in [1.82, 2.24) is 4.90 Å². The van der Waals surface area contributed by atoms with Gasteiger partial charge in [0.1, 0.15) is 0 Å². The SMILES string of the molecule is O=C([O-])[C@H]1[C@H](C(=O)N2CCCCCC2)[C@H]2C=C[C@@H]1C2. The van der Waals surface area contributed by atoms with Gasteiger partial charge < -0.3 is 14.8 Å². The van der Waals surface area contributed by atoms with E-state index >= 15 is 0 Å². The van der Waals surface area contributed by atoms with Crippen LogP contribution in [0.25, 0.3) is 0 Å². The van der Waals surface area contributed by atoms with E-state index in [1.54, 1.807) is 0 Å². The number of carbonyl (C=O) groups excluding carboxylic acids is 2. The van der Waals surface area contributed by atoms with Crippen LogP contribution in [0, 0.1) is 23.7 Å². The number of hydrogen-bond donors (Lipinski definition) is 0. The lowest BCUT2D eigenvalue weighted by Crippen LogP contribution is -2.46. The lowest BCUT2D eigenvalue weighted by atomic mass is 9.82. The molecule has 0 aromatic carbocycles. The third-order valence-corrected chi connectivity index (χ3v) is 4.93. The number of likely N-dealkylation sites (tertiary alicyclic amines) is 1. The Kier molecular flexibility index (Phi) is 3.33. The number of allylic oxidation sites excluding steroid dienone is 2. The molecule has 4 nitrogen and oxygen atoms in total. The van der Waals surface area contributed by atoms with Gasteiger partial charge in [0.25, 0.3) is 0 Å². The minimum absolute atomic E-state index is 0.0101. The van der Waals surface area contributed by atoms with Crippen LogP contribution in [0.3, 0.4) is 0 Å². The molecule has 104 valence electrons. The van der Waals surface area contributed by atoms with Crippen LogP contribution >= 0.6 is 0 Å². The number of carboxylic acid groups (broad SMARTS) is 1. The molecule has 0 aromatic rings. The second kappa shape index (κ2) is 4.99. The Bertz CT molecular complexity index is 410. The maximum Gasteiger partial charge on any atom is 0.226 e. The predicted octanol–water partition coefficient (Wildman–Crippen LogP) is 0.577. The van der Waals surface area contributed by atoms with E-state index in [0.29, 0.717) is 0 Å². The van der Waals surface area contributed by atoms with Crippen molar-refractivity contribution in [2.45, 2.75) is 32.1 Å². The van der Waals surface area contributed by atoms with E-state index in [2.05, 4.69) is 0 Å². The Morgan fingerprint density at radius 1 is 0.947 bits per heavy atom. The molecule has 1 saturated carbocycles. The van der Waals surface area contributed by atoms with Crippen molar-refractivity contribution in [3.8, 4) is 0 Å². The van der Waals surface area contributed by atoms with Crippen molar-refractivity contribution in [3.05, 3.63) is 12.2 Å². The minimum atomic E-state index is -1.05. The number of aliphatic carboxylic acids is 1. The molecule has 0 aromatic heterocycles. The number of fused-ring (bicyclic) bond motifs is 2. The van der Waals surface area contributed by atoms with Crippen LogP contribution in [-0.4, -0.2) is 29.9 Å². The van der Waals surface area contributed by atoms with Crippen molar-refractivity contribution in [2.75, 3.05) is 13.1 Å². The van der Waals surface area contributed by atoms with Crippen molar-refractivity contribution in [3.63, 3.8) is 0 Å². The summed E-state index contributed by atoms with van der Waals surface area (Å²) in [5.41, 5.74) is 0. The maximum atomic E-state index is 12.7. The molecule has 1 heterocycles. The van der Waals surface area contributed by atoms with Crippen molar-refractivity contribution < 1.29 is 14.7 Å². The number of rotatable bonds is 2. The van der Waals surface area contributed by atoms with Gasteiger partial charge in [-0.25, -0.2) is 0 Å². The summed E-state index contributed by atoms with van der Waals surface area (Å²) in [4.78, 5) is 25.9. The van der Waals surface area contributed by atoms with Crippen LogP contribution in [0.2, 0.25) is 0 Å². The largest absolute Gasteiger partial charge is 0.550 e. The van der Waals surface area contributed by atoms with Gasteiger partial charge in [-0.2, -0.15) is 0 Å². The van der Waals surface area contributed by atoms with E-state index in [4.69, 9.17) is 0 Å². The summed E-state index contributed by atoms with van der Waals surface area (Å²) in [6, 6.07) is 0. The molecule has 2 bridgehead atoms. The fourth-order valence-electron chi connectivity index (χ4n) is 3.98. The highest BCUT2D eigenvalue weighted by atomic mass is 16.4. The first-order chi connectivity index (χ1) is 9.18. The summed E-state index contributed by atoms with van der Waals surface area (Å²) >= 11 is 0. The lowest BCUT2D eigenvalue weighted by molar-refractivity contribution is -0.313. The second-order valence-electron chi connectivity index (χ2n) is 6.06. The molecule has 1 aliphatic heterocycles. The smallest absolute Gasteiger partial charge is 0.226 e. The standard InChI is InChI=1S/C15H21NO3/c17-14(16-7-3-1-2-4-8-16)12-10-5-6-11(9-10)13(12)15(18)19/h5-6,10-13H,1-4,7-9H2,(H,18,19)/p-1/t10-,11+,12+,13+/m0/s1. The summed E-state index contributed by atoms with van der Waals surface area (Å²) in [5.74, 6) is -1.86. The normalized spacial score (nSPS) is 37.4. The Labute approximate surface area is 113 Å². The third kappa shape index (κ3) is 2.17. The maximum absolute atomic E-state index is 12.7. The van der Waals surface area contributed by atoms with Gasteiger partial charge in [0.05, 0.1) is 5.92 Å². The molecule has 4 heteroatoms. The van der Waals surface area contributed by atoms with E-state index < -0.39 is 11.9 Å². The van der Waals surface area contributed by atoms with Crippen LogP contribution in [-0.2, 0) is 9.59 Å². The van der Waals surface area contributed by atoms with E-state index in [0.717, 1.165) is 32.4 Å². The molecular weight excluding hydrogens is 242 g/mol. The molecule has 0 unspecified atom stereocenters. The number of hydrogen-bond acceptors (Lipinski definition) is 3. The number of nitrogens with zero attached hydrogens (tertiary/aromatic N) is 1. The Hall–Kier alpha value is -1.32. The Morgan fingerprint density at radius 2 is 1.53 bits per heavy atom. The van der Waals surface area contributed by atoms with Gasteiger partial charge in [0, 0.05) is 25.0 Å². The van der Waals surface area contributed by atoms with Crippen LogP contribution in [0.1, 0.15) is 32.1 Å². The van der Waals surface area contributed by atoms with Crippen molar-refractivity contribution >= 4 is 11.9 Å². The average Bonchev–Trinajstić information content (AvgIpc) is 2.89. The molecule has 19 heavy (non-hydrogen) atoms. The molecule has 3 aliphatic rings. The van der Waals surface area contributed by atoms with Crippen LogP contribution < -0.4 is 5.11 Å². The summed E-state index contributed by atoms with van der Waals surface area (Å²) in [5, 5.41) is 11.3. The molecule has 0 radical (unpaired) electrons. The van der Waals surface area contributed by atoms with Crippen LogP contribution in [0.15, 0.2) is 12.2 Å². The monoisotopic (exact) mass is 262 g/mol. The molecule has 0 N–H and O–H groups in total. The summed E-state index contributed by atoms with van der Waals surface area (Å²) in [7, 11) is 0. The zero-order valence-electron chi connectivity index (χ0n) is 11.1. The molecule has 2 aliphatic carbocycles. The van der Waals surface area contributed by atoms with Crippen molar-refractivity contribution in [2.24, 2.45) is 23.7 Å². The lowest BCUT2D eigenvalue weighted by Gasteiger charge is -2.32. The van der Waals surface area contributed by atoms with Gasteiger partial charge in [-0.05, 0) is 31.1 Å². The van der Waals surface area contributed by atoms with Gasteiger partial charge in [-0.1, -0.05) is 25.0 Å².